The van der Waals surface area contributed by atoms with Crippen LogP contribution in [0.2, 0.25) is 0 Å². The second-order valence-electron chi connectivity index (χ2n) is 4.56. The lowest BCUT2D eigenvalue weighted by Gasteiger charge is -2.17. The Morgan fingerprint density at radius 3 is 2.80 bits per heavy atom. The second kappa shape index (κ2) is 4.91. The fourth-order valence-electron chi connectivity index (χ4n) is 2.27. The maximum absolute atomic E-state index is 12.3. The predicted octanol–water partition coefficient (Wildman–Crippen LogP) is -1.60. The number of aliphatic hydroxyl groups is 3. The van der Waals surface area contributed by atoms with Gasteiger partial charge >= 0.3 is 0 Å². The van der Waals surface area contributed by atoms with Gasteiger partial charge in [-0.2, -0.15) is 0 Å². The van der Waals surface area contributed by atoms with Crippen molar-refractivity contribution >= 4 is 11.0 Å². The van der Waals surface area contributed by atoms with Gasteiger partial charge in [-0.3, -0.25) is 9.36 Å². The Morgan fingerprint density at radius 1 is 1.30 bits per heavy atom. The zero-order valence-electron chi connectivity index (χ0n) is 10.3. The minimum atomic E-state index is -1.32. The quantitative estimate of drug-likeness (QED) is 0.606. The molecule has 0 radical (unpaired) electrons. The van der Waals surface area contributed by atoms with E-state index < -0.39 is 36.7 Å². The maximum Gasteiger partial charge on any atom is 0.265 e. The normalized spacial score (nSPS) is 29.9. The molecule has 1 aliphatic heterocycles. The van der Waals surface area contributed by atoms with Gasteiger partial charge in [0.1, 0.15) is 24.6 Å². The van der Waals surface area contributed by atoms with Gasteiger partial charge in [-0.25, -0.2) is 9.97 Å². The molecule has 0 bridgehead atoms. The molecule has 1 aliphatic rings. The van der Waals surface area contributed by atoms with Gasteiger partial charge in [-0.05, 0) is 12.1 Å². The lowest BCUT2D eigenvalue weighted by molar-refractivity contribution is -0.0546. The van der Waals surface area contributed by atoms with Gasteiger partial charge in [-0.1, -0.05) is 0 Å². The molecule has 8 nitrogen and oxygen atoms in total. The van der Waals surface area contributed by atoms with E-state index in [1.807, 2.05) is 0 Å². The first-order chi connectivity index (χ1) is 9.63. The van der Waals surface area contributed by atoms with Crippen molar-refractivity contribution in [1.29, 1.82) is 0 Å². The summed E-state index contributed by atoms with van der Waals surface area (Å²) in [6.45, 7) is -0.452. The van der Waals surface area contributed by atoms with Crippen LogP contribution in [0.4, 0.5) is 0 Å². The summed E-state index contributed by atoms with van der Waals surface area (Å²) >= 11 is 0. The van der Waals surface area contributed by atoms with E-state index in [4.69, 9.17) is 9.84 Å². The number of nitrogens with zero attached hydrogens (tertiary/aromatic N) is 3. The van der Waals surface area contributed by atoms with Gasteiger partial charge in [0.25, 0.3) is 5.56 Å². The molecule has 1 fully saturated rings. The van der Waals surface area contributed by atoms with E-state index in [0.29, 0.717) is 5.65 Å². The zero-order chi connectivity index (χ0) is 14.3. The van der Waals surface area contributed by atoms with Gasteiger partial charge in [0.2, 0.25) is 0 Å². The highest BCUT2D eigenvalue weighted by molar-refractivity contribution is 5.72. The van der Waals surface area contributed by atoms with Gasteiger partial charge < -0.3 is 20.1 Å². The molecule has 0 unspecified atom stereocenters. The lowest BCUT2D eigenvalue weighted by atomic mass is 10.1. The summed E-state index contributed by atoms with van der Waals surface area (Å²) in [6, 6.07) is 3.17. The minimum Gasteiger partial charge on any atom is -0.394 e. The van der Waals surface area contributed by atoms with E-state index in [2.05, 4.69) is 9.97 Å². The molecule has 3 rings (SSSR count). The molecule has 3 heterocycles. The topological polar surface area (TPSA) is 118 Å². The summed E-state index contributed by atoms with van der Waals surface area (Å²) < 4.78 is 6.39. The lowest BCUT2D eigenvalue weighted by Crippen LogP contribution is -2.35. The van der Waals surface area contributed by atoms with Crippen molar-refractivity contribution in [2.24, 2.45) is 0 Å². The Morgan fingerprint density at radius 2 is 2.10 bits per heavy atom. The molecular formula is C12H13N3O5. The Balaban J connectivity index is 2.07. The van der Waals surface area contributed by atoms with E-state index >= 15 is 0 Å². The molecule has 0 aliphatic carbocycles. The Bertz CT molecular complexity index is 688. The van der Waals surface area contributed by atoms with Gasteiger partial charge in [0, 0.05) is 6.20 Å². The molecular weight excluding hydrogens is 266 g/mol. The van der Waals surface area contributed by atoms with Crippen molar-refractivity contribution in [3.8, 4) is 0 Å². The average Bonchev–Trinajstić information content (AvgIpc) is 2.76. The second-order valence-corrected chi connectivity index (χ2v) is 4.56. The minimum absolute atomic E-state index is 0.285. The number of aromatic nitrogens is 3. The van der Waals surface area contributed by atoms with Crippen LogP contribution in [-0.4, -0.2) is 54.8 Å². The van der Waals surface area contributed by atoms with Crippen molar-refractivity contribution < 1.29 is 20.1 Å². The van der Waals surface area contributed by atoms with Crippen LogP contribution >= 0.6 is 0 Å². The fraction of sp³-hybridized carbons (Fsp3) is 0.417. The van der Waals surface area contributed by atoms with Crippen molar-refractivity contribution in [2.45, 2.75) is 24.5 Å². The van der Waals surface area contributed by atoms with Crippen molar-refractivity contribution in [2.75, 3.05) is 6.61 Å². The number of ether oxygens (including phenoxy) is 1. The SMILES string of the molecule is O=c1c2cccnc2ncn1[C@@H]1O[C@H](CO)[C@@H](O)[C@H]1O. The summed E-state index contributed by atoms with van der Waals surface area (Å²) in [5.41, 5.74) is -0.140. The molecule has 8 heteroatoms. The highest BCUT2D eigenvalue weighted by Crippen LogP contribution is 2.28. The number of hydrogen-bond acceptors (Lipinski definition) is 7. The van der Waals surface area contributed by atoms with Crippen LogP contribution < -0.4 is 5.56 Å². The van der Waals surface area contributed by atoms with Crippen molar-refractivity contribution in [1.82, 2.24) is 14.5 Å². The predicted molar refractivity (Wildman–Crippen MR) is 66.8 cm³/mol. The zero-order valence-corrected chi connectivity index (χ0v) is 10.3. The fourth-order valence-corrected chi connectivity index (χ4v) is 2.27. The van der Waals surface area contributed by atoms with Crippen molar-refractivity contribution in [3.05, 3.63) is 35.0 Å². The van der Waals surface area contributed by atoms with Crippen LogP contribution in [-0.2, 0) is 4.74 Å². The first-order valence-electron chi connectivity index (χ1n) is 6.08. The third-order valence-electron chi connectivity index (χ3n) is 3.35. The first-order valence-corrected chi connectivity index (χ1v) is 6.08. The Kier molecular flexibility index (Phi) is 3.22. The number of hydrogen-bond donors (Lipinski definition) is 3. The molecule has 20 heavy (non-hydrogen) atoms. The highest BCUT2D eigenvalue weighted by Gasteiger charge is 2.43. The Labute approximate surface area is 112 Å². The van der Waals surface area contributed by atoms with Crippen LogP contribution in [0, 0.1) is 0 Å². The van der Waals surface area contributed by atoms with Crippen LogP contribution in [0.5, 0.6) is 0 Å². The van der Waals surface area contributed by atoms with E-state index in [9.17, 15) is 15.0 Å². The molecule has 2 aromatic heterocycles. The molecule has 2 aromatic rings. The number of fused-ring (bicyclic) bond motifs is 1. The van der Waals surface area contributed by atoms with E-state index in [-0.39, 0.29) is 5.39 Å². The highest BCUT2D eigenvalue weighted by atomic mass is 16.6. The molecule has 0 amide bonds. The molecule has 4 atom stereocenters. The summed E-state index contributed by atoms with van der Waals surface area (Å²) in [5.74, 6) is 0. The molecule has 0 spiro atoms. The van der Waals surface area contributed by atoms with Crippen LogP contribution in [0.1, 0.15) is 6.23 Å². The third kappa shape index (κ3) is 1.90. The standard InChI is InChI=1S/C12H13N3O5/c16-4-7-8(17)9(18)12(20-7)15-5-14-10-6(11(15)19)2-1-3-13-10/h1-3,5,7-9,12,16-18H,4H2/t7-,8-,9-,12-/m1/s1. The first kappa shape index (κ1) is 13.1. The smallest absolute Gasteiger partial charge is 0.265 e. The van der Waals surface area contributed by atoms with E-state index in [1.165, 1.54) is 12.5 Å². The average molecular weight is 279 g/mol. The number of aliphatic hydroxyl groups excluding tert-OH is 3. The van der Waals surface area contributed by atoms with Crippen LogP contribution in [0.15, 0.2) is 29.5 Å². The monoisotopic (exact) mass is 279 g/mol. The molecule has 1 saturated heterocycles. The third-order valence-corrected chi connectivity index (χ3v) is 3.35. The summed E-state index contributed by atoms with van der Waals surface area (Å²) in [6.07, 6.45) is -1.88. The molecule has 3 N–H and O–H groups in total. The van der Waals surface area contributed by atoms with E-state index in [0.717, 1.165) is 4.57 Å². The summed E-state index contributed by atoms with van der Waals surface area (Å²) in [7, 11) is 0. The van der Waals surface area contributed by atoms with Crippen LogP contribution in [0.3, 0.4) is 0 Å². The van der Waals surface area contributed by atoms with E-state index in [1.54, 1.807) is 12.1 Å². The summed E-state index contributed by atoms with van der Waals surface area (Å²) in [4.78, 5) is 20.3. The summed E-state index contributed by atoms with van der Waals surface area (Å²) in [5, 5.41) is 29.0. The molecule has 0 saturated carbocycles. The van der Waals surface area contributed by atoms with Gasteiger partial charge in [-0.15, -0.1) is 0 Å². The largest absolute Gasteiger partial charge is 0.394 e. The number of pyridine rings is 1. The Hall–Kier alpha value is -1.87. The molecule has 0 aromatic carbocycles. The molecule has 106 valence electrons. The van der Waals surface area contributed by atoms with Crippen LogP contribution in [0.25, 0.3) is 11.0 Å². The van der Waals surface area contributed by atoms with Crippen molar-refractivity contribution in [3.63, 3.8) is 0 Å². The number of rotatable bonds is 2. The maximum atomic E-state index is 12.3. The van der Waals surface area contributed by atoms with Gasteiger partial charge in [0.15, 0.2) is 11.9 Å². The van der Waals surface area contributed by atoms with Gasteiger partial charge in [0.05, 0.1) is 12.0 Å².